The van der Waals surface area contributed by atoms with Crippen LogP contribution in [0, 0.1) is 5.92 Å². The molecule has 8 heavy (non-hydrogen) atoms. The van der Waals surface area contributed by atoms with Crippen LogP contribution >= 0.6 is 0 Å². The highest BCUT2D eigenvalue weighted by atomic mass is 16.5. The molecule has 1 nitrogen and oxygen atoms in total. The smallest absolute Gasteiger partial charge is 0.0532 e. The van der Waals surface area contributed by atoms with Gasteiger partial charge in [-0.2, -0.15) is 0 Å². The van der Waals surface area contributed by atoms with Crippen LogP contribution in [0.3, 0.4) is 0 Å². The highest BCUT2D eigenvalue weighted by Crippen LogP contribution is 2.18. The Kier molecular flexibility index (Phi) is 1.69. The molecule has 0 amide bonds. The molecule has 0 spiro atoms. The third kappa shape index (κ3) is 1.10. The van der Waals surface area contributed by atoms with E-state index in [-0.39, 0.29) is 0 Å². The van der Waals surface area contributed by atoms with E-state index in [1.165, 1.54) is 12.0 Å². The Labute approximate surface area is 50.3 Å². The highest BCUT2D eigenvalue weighted by molar-refractivity contribution is 4.97. The minimum absolute atomic E-state index is 0.648. The second-order valence-electron chi connectivity index (χ2n) is 2.41. The molecule has 1 aliphatic rings. The Balaban J connectivity index is 2.35. The molecule has 1 heterocycles. The van der Waals surface area contributed by atoms with Gasteiger partial charge in [0.05, 0.1) is 6.61 Å². The summed E-state index contributed by atoms with van der Waals surface area (Å²) in [7, 11) is 0. The van der Waals surface area contributed by atoms with Crippen molar-refractivity contribution in [2.24, 2.45) is 5.92 Å². The minimum Gasteiger partial charge on any atom is -0.381 e. The fraction of sp³-hybridized carbons (Fsp3) is 0.714. The normalized spacial score (nSPS) is 28.4. The number of hydrogen-bond acceptors (Lipinski definition) is 1. The Hall–Kier alpha value is -0.300. The average molecular weight is 112 g/mol. The van der Waals surface area contributed by atoms with E-state index in [1.807, 2.05) is 0 Å². The third-order valence-corrected chi connectivity index (χ3v) is 1.63. The molecule has 0 bridgehead atoms. The molecule has 1 aliphatic heterocycles. The molecule has 1 atom stereocenters. The lowest BCUT2D eigenvalue weighted by Crippen LogP contribution is -1.98. The van der Waals surface area contributed by atoms with Crippen LogP contribution in [0.5, 0.6) is 0 Å². The van der Waals surface area contributed by atoms with Crippen molar-refractivity contribution in [1.82, 2.24) is 0 Å². The van der Waals surface area contributed by atoms with Gasteiger partial charge in [-0.3, -0.25) is 0 Å². The van der Waals surface area contributed by atoms with Crippen LogP contribution in [-0.4, -0.2) is 13.2 Å². The van der Waals surface area contributed by atoms with E-state index in [9.17, 15) is 0 Å². The minimum atomic E-state index is 0.648. The van der Waals surface area contributed by atoms with Crippen molar-refractivity contribution in [3.63, 3.8) is 0 Å². The van der Waals surface area contributed by atoms with Gasteiger partial charge in [-0.25, -0.2) is 0 Å². The van der Waals surface area contributed by atoms with Crippen molar-refractivity contribution in [3.8, 4) is 0 Å². The maximum absolute atomic E-state index is 5.16. The van der Waals surface area contributed by atoms with Gasteiger partial charge in [-0.05, 0) is 13.3 Å². The van der Waals surface area contributed by atoms with Crippen molar-refractivity contribution in [2.75, 3.05) is 13.2 Å². The van der Waals surface area contributed by atoms with Crippen LogP contribution in [0.4, 0.5) is 0 Å². The lowest BCUT2D eigenvalue weighted by Gasteiger charge is -2.03. The quantitative estimate of drug-likeness (QED) is 0.468. The molecule has 1 rings (SSSR count). The second kappa shape index (κ2) is 2.31. The summed E-state index contributed by atoms with van der Waals surface area (Å²) in [6, 6.07) is 0. The lowest BCUT2D eigenvalue weighted by atomic mass is 10.0. The maximum Gasteiger partial charge on any atom is 0.0532 e. The Morgan fingerprint density at radius 1 is 1.75 bits per heavy atom. The summed E-state index contributed by atoms with van der Waals surface area (Å²) in [6.07, 6.45) is 1.18. The van der Waals surface area contributed by atoms with Gasteiger partial charge >= 0.3 is 0 Å². The fourth-order valence-electron chi connectivity index (χ4n) is 0.923. The zero-order valence-corrected chi connectivity index (χ0v) is 5.31. The summed E-state index contributed by atoms with van der Waals surface area (Å²) >= 11 is 0. The topological polar surface area (TPSA) is 9.23 Å². The molecule has 0 aromatic carbocycles. The second-order valence-corrected chi connectivity index (χ2v) is 2.41. The van der Waals surface area contributed by atoms with Crippen LogP contribution in [-0.2, 0) is 4.74 Å². The molecule has 0 aromatic heterocycles. The summed E-state index contributed by atoms with van der Waals surface area (Å²) < 4.78 is 5.16. The molecule has 1 heteroatoms. The summed E-state index contributed by atoms with van der Waals surface area (Å²) in [4.78, 5) is 0. The molecule has 0 saturated carbocycles. The molecule has 1 saturated heterocycles. The first-order valence-corrected chi connectivity index (χ1v) is 3.04. The number of hydrogen-bond donors (Lipinski definition) is 0. The van der Waals surface area contributed by atoms with Crippen LogP contribution in [0.25, 0.3) is 0 Å². The molecule has 0 aromatic rings. The average Bonchev–Trinajstić information content (AvgIpc) is 2.12. The van der Waals surface area contributed by atoms with E-state index in [0.717, 1.165) is 13.2 Å². The van der Waals surface area contributed by atoms with Crippen molar-refractivity contribution >= 4 is 0 Å². The molecule has 1 fully saturated rings. The summed E-state index contributed by atoms with van der Waals surface area (Å²) in [5, 5.41) is 0. The first kappa shape index (κ1) is 5.83. The van der Waals surface area contributed by atoms with Crippen LogP contribution in [0.15, 0.2) is 12.2 Å². The number of ether oxygens (including phenoxy) is 1. The summed E-state index contributed by atoms with van der Waals surface area (Å²) in [6.45, 7) is 7.75. The predicted octanol–water partition coefficient (Wildman–Crippen LogP) is 1.60. The van der Waals surface area contributed by atoms with E-state index in [0.29, 0.717) is 5.92 Å². The van der Waals surface area contributed by atoms with Gasteiger partial charge in [0.2, 0.25) is 0 Å². The molecule has 0 N–H and O–H groups in total. The lowest BCUT2D eigenvalue weighted by molar-refractivity contribution is 0.190. The van der Waals surface area contributed by atoms with E-state index in [1.54, 1.807) is 0 Å². The van der Waals surface area contributed by atoms with Gasteiger partial charge in [-0.1, -0.05) is 12.2 Å². The van der Waals surface area contributed by atoms with Crippen LogP contribution in [0.2, 0.25) is 0 Å². The van der Waals surface area contributed by atoms with E-state index < -0.39 is 0 Å². The van der Waals surface area contributed by atoms with Gasteiger partial charge in [0.25, 0.3) is 0 Å². The highest BCUT2D eigenvalue weighted by Gasteiger charge is 2.14. The zero-order chi connectivity index (χ0) is 5.98. The predicted molar refractivity (Wildman–Crippen MR) is 33.7 cm³/mol. The Morgan fingerprint density at radius 2 is 2.50 bits per heavy atom. The van der Waals surface area contributed by atoms with Gasteiger partial charge in [-0.15, -0.1) is 0 Å². The standard InChI is InChI=1S/C7H12O/c1-6(2)7-3-4-8-5-7/h7H,1,3-5H2,2H3. The van der Waals surface area contributed by atoms with Crippen molar-refractivity contribution in [1.29, 1.82) is 0 Å². The fourth-order valence-corrected chi connectivity index (χ4v) is 0.923. The van der Waals surface area contributed by atoms with Crippen molar-refractivity contribution in [2.45, 2.75) is 13.3 Å². The molecular weight excluding hydrogens is 100 g/mol. The third-order valence-electron chi connectivity index (χ3n) is 1.63. The Morgan fingerprint density at radius 3 is 2.75 bits per heavy atom. The van der Waals surface area contributed by atoms with Crippen LogP contribution < -0.4 is 0 Å². The van der Waals surface area contributed by atoms with Crippen LogP contribution in [0.1, 0.15) is 13.3 Å². The zero-order valence-electron chi connectivity index (χ0n) is 5.31. The molecule has 0 radical (unpaired) electrons. The summed E-state index contributed by atoms with van der Waals surface area (Å²) in [5.41, 5.74) is 1.27. The monoisotopic (exact) mass is 112 g/mol. The van der Waals surface area contributed by atoms with Crippen molar-refractivity contribution in [3.05, 3.63) is 12.2 Å². The summed E-state index contributed by atoms with van der Waals surface area (Å²) in [5.74, 6) is 0.648. The molecule has 46 valence electrons. The van der Waals surface area contributed by atoms with E-state index in [2.05, 4.69) is 13.5 Å². The molecule has 1 unspecified atom stereocenters. The largest absolute Gasteiger partial charge is 0.381 e. The van der Waals surface area contributed by atoms with E-state index in [4.69, 9.17) is 4.74 Å². The SMILES string of the molecule is C=C(C)C1CCOC1. The van der Waals surface area contributed by atoms with E-state index >= 15 is 0 Å². The van der Waals surface area contributed by atoms with Gasteiger partial charge < -0.3 is 4.74 Å². The van der Waals surface area contributed by atoms with Crippen molar-refractivity contribution < 1.29 is 4.74 Å². The Bertz CT molecular complexity index is 90.6. The molecular formula is C7H12O. The number of rotatable bonds is 1. The van der Waals surface area contributed by atoms with Gasteiger partial charge in [0.15, 0.2) is 0 Å². The first-order valence-electron chi connectivity index (χ1n) is 3.04. The van der Waals surface area contributed by atoms with Gasteiger partial charge in [0.1, 0.15) is 0 Å². The first-order chi connectivity index (χ1) is 3.80. The maximum atomic E-state index is 5.16. The molecule has 0 aliphatic carbocycles. The van der Waals surface area contributed by atoms with Gasteiger partial charge in [0, 0.05) is 12.5 Å².